The van der Waals surface area contributed by atoms with Gasteiger partial charge in [-0.2, -0.15) is 0 Å². The van der Waals surface area contributed by atoms with Crippen LogP contribution in [-0.2, 0) is 0 Å². The summed E-state index contributed by atoms with van der Waals surface area (Å²) in [6.45, 7) is 0.220. The number of Topliss-reactive ketones (excluding diaryl/α,β-unsaturated/α-hetero) is 1. The number of hydrogen-bond acceptors (Lipinski definition) is 8. The molecule has 3 aromatic carbocycles. The van der Waals surface area contributed by atoms with Crippen LogP contribution in [-0.4, -0.2) is 47.8 Å². The van der Waals surface area contributed by atoms with Gasteiger partial charge in [0.15, 0.2) is 17.3 Å². The molecular formula is C26H23ClFN3O5. The summed E-state index contributed by atoms with van der Waals surface area (Å²) >= 11 is 5.89. The van der Waals surface area contributed by atoms with Crippen LogP contribution in [0, 0.1) is 5.82 Å². The van der Waals surface area contributed by atoms with E-state index in [9.17, 15) is 9.18 Å². The predicted molar refractivity (Wildman–Crippen MR) is 134 cm³/mol. The maximum Gasteiger partial charge on any atom is 0.188 e. The molecule has 36 heavy (non-hydrogen) atoms. The third-order valence-corrected chi connectivity index (χ3v) is 5.53. The Bertz CT molecular complexity index is 1370. The molecule has 4 aromatic rings. The number of anilines is 2. The summed E-state index contributed by atoms with van der Waals surface area (Å²) in [5, 5.41) is 12.7. The molecule has 186 valence electrons. The van der Waals surface area contributed by atoms with E-state index in [1.807, 2.05) is 0 Å². The minimum absolute atomic E-state index is 0.000800. The second-order valence-corrected chi connectivity index (χ2v) is 8.06. The van der Waals surface area contributed by atoms with E-state index in [0.29, 0.717) is 64.9 Å². The molecule has 1 aromatic heterocycles. The number of aliphatic hydroxyl groups excluding tert-OH is 1. The lowest BCUT2D eigenvalue weighted by atomic mass is 10.1. The van der Waals surface area contributed by atoms with Crippen LogP contribution in [0.2, 0.25) is 5.02 Å². The molecule has 0 spiro atoms. The van der Waals surface area contributed by atoms with Crippen molar-refractivity contribution in [3.05, 3.63) is 77.3 Å². The third-order valence-electron chi connectivity index (χ3n) is 5.24. The van der Waals surface area contributed by atoms with Crippen LogP contribution in [0.5, 0.6) is 17.2 Å². The minimum Gasteiger partial charge on any atom is -0.493 e. The summed E-state index contributed by atoms with van der Waals surface area (Å²) < 4.78 is 30.6. The first-order chi connectivity index (χ1) is 17.5. The van der Waals surface area contributed by atoms with Crippen LogP contribution in [0.3, 0.4) is 0 Å². The van der Waals surface area contributed by atoms with Gasteiger partial charge in [0.1, 0.15) is 30.3 Å². The molecule has 4 rings (SSSR count). The molecule has 0 aliphatic carbocycles. The molecule has 0 amide bonds. The van der Waals surface area contributed by atoms with E-state index in [2.05, 4.69) is 15.3 Å². The van der Waals surface area contributed by atoms with E-state index in [1.165, 1.54) is 18.5 Å². The lowest BCUT2D eigenvalue weighted by Crippen LogP contribution is -2.07. The molecule has 0 unspecified atom stereocenters. The average Bonchev–Trinajstić information content (AvgIpc) is 2.90. The Balaban J connectivity index is 1.41. The number of nitrogens with zero attached hydrogens (tertiary/aromatic N) is 2. The maximum absolute atomic E-state index is 13.5. The predicted octanol–water partition coefficient (Wildman–Crippen LogP) is 5.20. The zero-order valence-corrected chi connectivity index (χ0v) is 20.1. The number of aromatic nitrogens is 2. The van der Waals surface area contributed by atoms with Gasteiger partial charge in [-0.05, 0) is 48.5 Å². The number of ether oxygens (including phenoxy) is 3. The number of aliphatic hydroxyl groups is 1. The summed E-state index contributed by atoms with van der Waals surface area (Å²) in [5.74, 6) is 1.29. The molecule has 0 saturated heterocycles. The number of benzene rings is 3. The average molecular weight is 512 g/mol. The van der Waals surface area contributed by atoms with Crippen molar-refractivity contribution in [2.24, 2.45) is 0 Å². The SMILES string of the molecule is COc1cc2ncnc(Nc3ccc(F)c(Cl)c3)c2cc1OCCCOc1ccc(C(=O)CO)cc1. The monoisotopic (exact) mass is 511 g/mol. The van der Waals surface area contributed by atoms with Gasteiger partial charge in [-0.3, -0.25) is 4.79 Å². The van der Waals surface area contributed by atoms with Gasteiger partial charge in [-0.1, -0.05) is 11.6 Å². The minimum atomic E-state index is -0.528. The van der Waals surface area contributed by atoms with Crippen molar-refractivity contribution in [1.82, 2.24) is 9.97 Å². The molecule has 8 nitrogen and oxygen atoms in total. The van der Waals surface area contributed by atoms with Crippen LogP contribution in [0.25, 0.3) is 10.9 Å². The van der Waals surface area contributed by atoms with Crippen LogP contribution in [0.1, 0.15) is 16.8 Å². The Hall–Kier alpha value is -3.95. The highest BCUT2D eigenvalue weighted by Crippen LogP contribution is 2.35. The molecule has 0 bridgehead atoms. The Kier molecular flexibility index (Phi) is 8.14. The Labute approximate surface area is 211 Å². The summed E-state index contributed by atoms with van der Waals surface area (Å²) in [6, 6.07) is 14.4. The smallest absolute Gasteiger partial charge is 0.188 e. The summed E-state index contributed by atoms with van der Waals surface area (Å²) in [6.07, 6.45) is 2.00. The quantitative estimate of drug-likeness (QED) is 0.209. The van der Waals surface area contributed by atoms with Crippen LogP contribution >= 0.6 is 11.6 Å². The molecule has 0 fully saturated rings. The van der Waals surface area contributed by atoms with Crippen molar-refractivity contribution in [3.63, 3.8) is 0 Å². The number of methoxy groups -OCH3 is 1. The zero-order valence-electron chi connectivity index (χ0n) is 19.3. The van der Waals surface area contributed by atoms with Gasteiger partial charge < -0.3 is 24.6 Å². The molecule has 0 saturated carbocycles. The Morgan fingerprint density at radius 1 is 1.03 bits per heavy atom. The topological polar surface area (TPSA) is 103 Å². The molecule has 10 heteroatoms. The first kappa shape index (κ1) is 25.2. The fourth-order valence-electron chi connectivity index (χ4n) is 3.41. The van der Waals surface area contributed by atoms with Crippen LogP contribution < -0.4 is 19.5 Å². The van der Waals surface area contributed by atoms with Crippen molar-refractivity contribution in [2.45, 2.75) is 6.42 Å². The number of rotatable bonds is 11. The van der Waals surface area contributed by atoms with Gasteiger partial charge >= 0.3 is 0 Å². The van der Waals surface area contributed by atoms with E-state index >= 15 is 0 Å². The van der Waals surface area contributed by atoms with Gasteiger partial charge in [0.05, 0.1) is 30.9 Å². The van der Waals surface area contributed by atoms with Gasteiger partial charge in [0.2, 0.25) is 0 Å². The number of carbonyl (C=O) groups is 1. The van der Waals surface area contributed by atoms with Crippen molar-refractivity contribution in [1.29, 1.82) is 0 Å². The lowest BCUT2D eigenvalue weighted by Gasteiger charge is -2.14. The maximum atomic E-state index is 13.5. The highest BCUT2D eigenvalue weighted by atomic mass is 35.5. The summed E-state index contributed by atoms with van der Waals surface area (Å²) in [5.41, 5.74) is 1.64. The van der Waals surface area contributed by atoms with Crippen LogP contribution in [0.15, 0.2) is 60.9 Å². The molecule has 2 N–H and O–H groups in total. The van der Waals surface area contributed by atoms with Crippen molar-refractivity contribution < 1.29 is 28.5 Å². The molecule has 0 atom stereocenters. The normalized spacial score (nSPS) is 10.8. The second kappa shape index (κ2) is 11.7. The standard InChI is InChI=1S/C26H23ClFN3O5/c1-34-24-13-22-19(26(30-15-29-22)31-17-5-8-21(28)20(27)11-17)12-25(24)36-10-2-9-35-18-6-3-16(4-7-18)23(33)14-32/h3-8,11-13,15,32H,2,9-10,14H2,1H3,(H,29,30,31). The fourth-order valence-corrected chi connectivity index (χ4v) is 3.59. The van der Waals surface area contributed by atoms with Gasteiger partial charge in [-0.15, -0.1) is 0 Å². The molecular weight excluding hydrogens is 489 g/mol. The first-order valence-electron chi connectivity index (χ1n) is 11.0. The molecule has 0 aliphatic rings. The van der Waals surface area contributed by atoms with E-state index in [4.69, 9.17) is 30.9 Å². The largest absolute Gasteiger partial charge is 0.493 e. The lowest BCUT2D eigenvalue weighted by molar-refractivity contribution is 0.0903. The highest BCUT2D eigenvalue weighted by Gasteiger charge is 2.13. The highest BCUT2D eigenvalue weighted by molar-refractivity contribution is 6.31. The third kappa shape index (κ3) is 5.99. The van der Waals surface area contributed by atoms with E-state index in [0.717, 1.165) is 0 Å². The van der Waals surface area contributed by atoms with Crippen LogP contribution in [0.4, 0.5) is 15.9 Å². The summed E-state index contributed by atoms with van der Waals surface area (Å²) in [4.78, 5) is 20.1. The van der Waals surface area contributed by atoms with Gasteiger partial charge in [0, 0.05) is 29.1 Å². The number of nitrogens with one attached hydrogen (secondary N) is 1. The number of hydrogen-bond donors (Lipinski definition) is 2. The van der Waals surface area contributed by atoms with Gasteiger partial charge in [0.25, 0.3) is 0 Å². The molecule has 1 heterocycles. The van der Waals surface area contributed by atoms with Gasteiger partial charge in [-0.25, -0.2) is 14.4 Å². The van der Waals surface area contributed by atoms with E-state index in [1.54, 1.807) is 49.6 Å². The number of halogens is 2. The second-order valence-electron chi connectivity index (χ2n) is 7.65. The number of fused-ring (bicyclic) bond motifs is 1. The first-order valence-corrected chi connectivity index (χ1v) is 11.4. The van der Waals surface area contributed by atoms with Crippen molar-refractivity contribution in [2.75, 3.05) is 32.2 Å². The summed E-state index contributed by atoms with van der Waals surface area (Å²) in [7, 11) is 1.54. The fraction of sp³-hybridized carbons (Fsp3) is 0.192. The Morgan fingerprint density at radius 3 is 2.53 bits per heavy atom. The van der Waals surface area contributed by atoms with Crippen molar-refractivity contribution in [3.8, 4) is 17.2 Å². The zero-order chi connectivity index (χ0) is 25.5. The molecule has 0 aliphatic heterocycles. The van der Waals surface area contributed by atoms with E-state index < -0.39 is 12.4 Å². The number of ketones is 1. The Morgan fingerprint density at radius 2 is 1.81 bits per heavy atom. The number of carbonyl (C=O) groups excluding carboxylic acids is 1. The van der Waals surface area contributed by atoms with E-state index in [-0.39, 0.29) is 10.8 Å². The molecule has 0 radical (unpaired) electrons. The van der Waals surface area contributed by atoms with Crippen molar-refractivity contribution >= 4 is 39.8 Å².